The molecular formula is C27H24N2O4S. The molecule has 3 aromatic carbocycles. The molecule has 3 aromatic rings. The van der Waals surface area contributed by atoms with E-state index in [0.29, 0.717) is 36.0 Å². The number of ether oxygens (including phenoxy) is 2. The third kappa shape index (κ3) is 5.15. The first kappa shape index (κ1) is 23.2. The molecule has 0 unspecified atom stereocenters. The lowest BCUT2D eigenvalue weighted by atomic mass is 10.1. The van der Waals surface area contributed by atoms with Crippen molar-refractivity contribution in [2.24, 2.45) is 0 Å². The van der Waals surface area contributed by atoms with E-state index in [1.807, 2.05) is 56.3 Å². The first-order valence-corrected chi connectivity index (χ1v) is 11.3. The van der Waals surface area contributed by atoms with E-state index in [0.717, 1.165) is 11.1 Å². The molecule has 1 fully saturated rings. The molecular weight excluding hydrogens is 448 g/mol. The Morgan fingerprint density at radius 1 is 0.941 bits per heavy atom. The number of benzene rings is 3. The largest absolute Gasteiger partial charge is 0.490 e. The Morgan fingerprint density at radius 3 is 2.38 bits per heavy atom. The Hall–Kier alpha value is -3.97. The molecule has 0 bridgehead atoms. The maximum atomic E-state index is 13.2. The van der Waals surface area contributed by atoms with Crippen LogP contribution in [0.3, 0.4) is 0 Å². The highest BCUT2D eigenvalue weighted by molar-refractivity contribution is 7.80. The second-order valence-electron chi connectivity index (χ2n) is 7.71. The zero-order valence-corrected chi connectivity index (χ0v) is 19.7. The van der Waals surface area contributed by atoms with Crippen LogP contribution in [0.1, 0.15) is 23.6 Å². The molecule has 0 atom stereocenters. The van der Waals surface area contributed by atoms with E-state index in [-0.39, 0.29) is 10.7 Å². The number of hydrogen-bond donors (Lipinski definition) is 1. The van der Waals surface area contributed by atoms with E-state index in [1.165, 1.54) is 11.0 Å². The molecule has 7 heteroatoms. The van der Waals surface area contributed by atoms with Gasteiger partial charge in [0, 0.05) is 0 Å². The zero-order valence-electron chi connectivity index (χ0n) is 18.9. The molecule has 1 N–H and O–H groups in total. The normalized spacial score (nSPS) is 14.8. The van der Waals surface area contributed by atoms with E-state index < -0.39 is 11.8 Å². The Morgan fingerprint density at radius 2 is 1.68 bits per heavy atom. The van der Waals surface area contributed by atoms with Crippen LogP contribution in [0.15, 0.2) is 78.4 Å². The van der Waals surface area contributed by atoms with Crippen molar-refractivity contribution in [2.75, 3.05) is 11.5 Å². The molecule has 0 aliphatic carbocycles. The van der Waals surface area contributed by atoms with Crippen molar-refractivity contribution in [3.05, 3.63) is 95.1 Å². The van der Waals surface area contributed by atoms with Crippen LogP contribution >= 0.6 is 12.2 Å². The number of carbonyl (C=O) groups excluding carboxylic acids is 2. The van der Waals surface area contributed by atoms with Gasteiger partial charge in [0.1, 0.15) is 12.2 Å². The molecule has 1 aliphatic heterocycles. The third-order valence-corrected chi connectivity index (χ3v) is 5.49. The van der Waals surface area contributed by atoms with Crippen LogP contribution in [-0.2, 0) is 16.2 Å². The lowest BCUT2D eigenvalue weighted by Gasteiger charge is -2.29. The fraction of sp³-hybridized carbons (Fsp3) is 0.148. The van der Waals surface area contributed by atoms with Gasteiger partial charge in [0.2, 0.25) is 0 Å². The Kier molecular flexibility index (Phi) is 7.04. The first-order valence-electron chi connectivity index (χ1n) is 10.9. The third-order valence-electron chi connectivity index (χ3n) is 5.21. The number of nitrogens with one attached hydrogen (secondary N) is 1. The number of anilines is 1. The minimum Gasteiger partial charge on any atom is -0.490 e. The smallest absolute Gasteiger partial charge is 0.270 e. The molecule has 4 rings (SSSR count). The molecule has 0 spiro atoms. The van der Waals surface area contributed by atoms with Crippen LogP contribution in [0.4, 0.5) is 5.69 Å². The number of hydrogen-bond acceptors (Lipinski definition) is 5. The van der Waals surface area contributed by atoms with E-state index >= 15 is 0 Å². The average Bonchev–Trinajstić information content (AvgIpc) is 2.83. The van der Waals surface area contributed by atoms with Gasteiger partial charge in [0.25, 0.3) is 11.8 Å². The van der Waals surface area contributed by atoms with Gasteiger partial charge in [-0.3, -0.25) is 19.8 Å². The highest BCUT2D eigenvalue weighted by atomic mass is 32.1. The second-order valence-corrected chi connectivity index (χ2v) is 8.09. The van der Waals surface area contributed by atoms with Crippen LogP contribution in [0.2, 0.25) is 0 Å². The summed E-state index contributed by atoms with van der Waals surface area (Å²) in [5.41, 5.74) is 3.29. The Bertz CT molecular complexity index is 1250. The predicted molar refractivity (Wildman–Crippen MR) is 136 cm³/mol. The average molecular weight is 473 g/mol. The minimum absolute atomic E-state index is 0.0189. The number of carbonyl (C=O) groups is 2. The summed E-state index contributed by atoms with van der Waals surface area (Å²) < 4.78 is 11.7. The summed E-state index contributed by atoms with van der Waals surface area (Å²) in [4.78, 5) is 27.2. The van der Waals surface area contributed by atoms with Crippen molar-refractivity contribution in [1.29, 1.82) is 0 Å². The molecule has 1 heterocycles. The van der Waals surface area contributed by atoms with Gasteiger partial charge in [0.15, 0.2) is 16.6 Å². The van der Waals surface area contributed by atoms with Crippen LogP contribution in [0, 0.1) is 6.92 Å². The highest BCUT2D eigenvalue weighted by Crippen LogP contribution is 2.31. The summed E-state index contributed by atoms with van der Waals surface area (Å²) >= 11 is 5.26. The van der Waals surface area contributed by atoms with Crippen LogP contribution in [-0.4, -0.2) is 23.5 Å². The number of aryl methyl sites for hydroxylation is 1. The molecule has 0 aromatic heterocycles. The molecule has 2 amide bonds. The number of amides is 2. The van der Waals surface area contributed by atoms with Crippen molar-refractivity contribution in [3.63, 3.8) is 0 Å². The van der Waals surface area contributed by atoms with Gasteiger partial charge in [-0.05, 0) is 67.5 Å². The van der Waals surface area contributed by atoms with Crippen molar-refractivity contribution >= 4 is 40.9 Å². The Balaban J connectivity index is 1.61. The van der Waals surface area contributed by atoms with Gasteiger partial charge < -0.3 is 9.47 Å². The molecule has 1 saturated heterocycles. The fourth-order valence-electron chi connectivity index (χ4n) is 3.49. The topological polar surface area (TPSA) is 67.9 Å². The van der Waals surface area contributed by atoms with E-state index in [2.05, 4.69) is 5.32 Å². The molecule has 34 heavy (non-hydrogen) atoms. The summed E-state index contributed by atoms with van der Waals surface area (Å²) in [6.07, 6.45) is 1.53. The molecule has 172 valence electrons. The van der Waals surface area contributed by atoms with Gasteiger partial charge in [-0.15, -0.1) is 0 Å². The lowest BCUT2D eigenvalue weighted by molar-refractivity contribution is -0.122. The molecule has 1 aliphatic rings. The van der Waals surface area contributed by atoms with Crippen molar-refractivity contribution in [1.82, 2.24) is 5.32 Å². The monoisotopic (exact) mass is 472 g/mol. The van der Waals surface area contributed by atoms with E-state index in [1.54, 1.807) is 30.3 Å². The highest BCUT2D eigenvalue weighted by Gasteiger charge is 2.34. The lowest BCUT2D eigenvalue weighted by Crippen LogP contribution is -2.54. The maximum Gasteiger partial charge on any atom is 0.270 e. The van der Waals surface area contributed by atoms with Gasteiger partial charge in [-0.2, -0.15) is 0 Å². The number of nitrogens with zero attached hydrogens (tertiary/aromatic N) is 1. The first-order chi connectivity index (χ1) is 16.5. The van der Waals surface area contributed by atoms with Gasteiger partial charge in [-0.25, -0.2) is 0 Å². The summed E-state index contributed by atoms with van der Waals surface area (Å²) in [7, 11) is 0. The molecule has 6 nitrogen and oxygen atoms in total. The zero-order chi connectivity index (χ0) is 24.1. The summed E-state index contributed by atoms with van der Waals surface area (Å²) in [6, 6.07) is 22.5. The number of rotatable bonds is 7. The summed E-state index contributed by atoms with van der Waals surface area (Å²) in [5, 5.41) is 2.66. The Labute approximate surface area is 203 Å². The van der Waals surface area contributed by atoms with E-state index in [4.69, 9.17) is 21.7 Å². The van der Waals surface area contributed by atoms with E-state index in [9.17, 15) is 9.59 Å². The van der Waals surface area contributed by atoms with Gasteiger partial charge in [0.05, 0.1) is 12.3 Å². The van der Waals surface area contributed by atoms with Gasteiger partial charge >= 0.3 is 0 Å². The standard InChI is InChI=1S/C27H24N2O4S/c1-3-32-24-16-20(11-14-23(24)33-17-19-7-5-4-6-8-19)15-22-25(30)28-27(34)29(26(22)31)21-12-9-18(2)10-13-21/h4-16H,3,17H2,1-2H3,(H,28,30,34)/b22-15+. The maximum absolute atomic E-state index is 13.2. The van der Waals surface area contributed by atoms with Crippen molar-refractivity contribution < 1.29 is 19.1 Å². The predicted octanol–water partition coefficient (Wildman–Crippen LogP) is 4.80. The second kappa shape index (κ2) is 10.3. The fourth-order valence-corrected chi connectivity index (χ4v) is 3.77. The summed E-state index contributed by atoms with van der Waals surface area (Å²) in [6.45, 7) is 4.67. The van der Waals surface area contributed by atoms with Gasteiger partial charge in [-0.1, -0.05) is 54.1 Å². The minimum atomic E-state index is -0.541. The van der Waals surface area contributed by atoms with Crippen molar-refractivity contribution in [3.8, 4) is 11.5 Å². The van der Waals surface area contributed by atoms with Crippen LogP contribution in [0.5, 0.6) is 11.5 Å². The summed E-state index contributed by atoms with van der Waals surface area (Å²) in [5.74, 6) is 0.0813. The molecule has 0 radical (unpaired) electrons. The van der Waals surface area contributed by atoms with Crippen LogP contribution < -0.4 is 19.7 Å². The number of thiocarbonyl (C=S) groups is 1. The van der Waals surface area contributed by atoms with Crippen molar-refractivity contribution in [2.45, 2.75) is 20.5 Å². The van der Waals surface area contributed by atoms with Crippen LogP contribution in [0.25, 0.3) is 6.08 Å². The quantitative estimate of drug-likeness (QED) is 0.304. The molecule has 0 saturated carbocycles. The SMILES string of the molecule is CCOc1cc(/C=C2\C(=O)NC(=S)N(c3ccc(C)cc3)C2=O)ccc1OCc1ccccc1.